The van der Waals surface area contributed by atoms with Crippen LogP contribution in [0.15, 0.2) is 0 Å². The quantitative estimate of drug-likeness (QED) is 0.865. The van der Waals surface area contributed by atoms with Crippen LogP contribution in [0.2, 0.25) is 0 Å². The van der Waals surface area contributed by atoms with Crippen LogP contribution < -0.4 is 5.32 Å². The number of carbonyl (C=O) groups is 2. The number of hydrogen-bond donors (Lipinski definition) is 1. The van der Waals surface area contributed by atoms with Gasteiger partial charge in [0.2, 0.25) is 11.8 Å². The average Bonchev–Trinajstić information content (AvgIpc) is 2.43. The molecule has 2 unspecified atom stereocenters. The molecule has 0 spiro atoms. The molecule has 1 N–H and O–H groups in total. The van der Waals surface area contributed by atoms with Gasteiger partial charge in [0, 0.05) is 0 Å². The first-order chi connectivity index (χ1) is 9.91. The molecule has 2 atom stereocenters. The van der Waals surface area contributed by atoms with Crippen molar-refractivity contribution in [3.8, 4) is 0 Å². The molecule has 2 aliphatic rings. The second-order valence-electron chi connectivity index (χ2n) is 6.45. The van der Waals surface area contributed by atoms with Crippen LogP contribution in [0, 0.1) is 11.8 Å². The Labute approximate surface area is 124 Å². The Balaban J connectivity index is 2.23. The topological polar surface area (TPSA) is 49.4 Å². The summed E-state index contributed by atoms with van der Waals surface area (Å²) in [4.78, 5) is 26.0. The Kier molecular flexibility index (Phi) is 5.17. The summed E-state index contributed by atoms with van der Waals surface area (Å²) in [6, 6.07) is -1.40. The van der Waals surface area contributed by atoms with Crippen molar-refractivity contribution in [3.63, 3.8) is 0 Å². The van der Waals surface area contributed by atoms with Crippen molar-refractivity contribution >= 4 is 11.8 Å². The number of alkyl halides is 2. The van der Waals surface area contributed by atoms with E-state index in [9.17, 15) is 18.4 Å². The number of nitrogens with one attached hydrogen (secondary N) is 1. The minimum Gasteiger partial charge on any atom is -0.342 e. The number of nitrogens with zero attached hydrogens (tertiary/aromatic N) is 1. The lowest BCUT2D eigenvalue weighted by Gasteiger charge is -2.44. The lowest BCUT2D eigenvalue weighted by molar-refractivity contribution is -0.155. The monoisotopic (exact) mass is 302 g/mol. The molecule has 2 fully saturated rings. The van der Waals surface area contributed by atoms with Gasteiger partial charge in [-0.15, -0.1) is 0 Å². The smallest absolute Gasteiger partial charge is 0.255 e. The molecule has 0 radical (unpaired) electrons. The molecule has 1 heterocycles. The summed E-state index contributed by atoms with van der Waals surface area (Å²) in [6.07, 6.45) is 2.16. The molecule has 120 valence electrons. The summed E-state index contributed by atoms with van der Waals surface area (Å²) in [5.74, 6) is -0.718. The van der Waals surface area contributed by atoms with Gasteiger partial charge in [-0.05, 0) is 24.7 Å². The van der Waals surface area contributed by atoms with Crippen LogP contribution in [0.1, 0.15) is 46.0 Å². The van der Waals surface area contributed by atoms with Crippen LogP contribution in [0.4, 0.5) is 8.78 Å². The number of amides is 2. The number of halogens is 2. The maximum absolute atomic E-state index is 12.9. The van der Waals surface area contributed by atoms with Gasteiger partial charge in [-0.3, -0.25) is 9.59 Å². The minimum absolute atomic E-state index is 0.00885. The van der Waals surface area contributed by atoms with E-state index in [2.05, 4.69) is 5.32 Å². The second kappa shape index (κ2) is 6.71. The van der Waals surface area contributed by atoms with Crippen LogP contribution in [0.5, 0.6) is 0 Å². The molecule has 1 saturated heterocycles. The number of hydrogen-bond acceptors (Lipinski definition) is 2. The third kappa shape index (κ3) is 3.52. The largest absolute Gasteiger partial charge is 0.342 e. The van der Waals surface area contributed by atoms with Crippen molar-refractivity contribution in [1.29, 1.82) is 0 Å². The molecule has 4 nitrogen and oxygen atoms in total. The van der Waals surface area contributed by atoms with E-state index in [0.717, 1.165) is 37.0 Å². The Morgan fingerprint density at radius 1 is 1.19 bits per heavy atom. The number of rotatable bonds is 4. The molecule has 1 saturated carbocycles. The highest BCUT2D eigenvalue weighted by Gasteiger charge is 2.45. The summed E-state index contributed by atoms with van der Waals surface area (Å²) in [5.41, 5.74) is 0. The van der Waals surface area contributed by atoms with E-state index in [0.29, 0.717) is 0 Å². The first kappa shape index (κ1) is 16.2. The maximum atomic E-state index is 12.9. The van der Waals surface area contributed by atoms with Gasteiger partial charge in [0.15, 0.2) is 0 Å². The van der Waals surface area contributed by atoms with Gasteiger partial charge in [0.1, 0.15) is 12.1 Å². The van der Waals surface area contributed by atoms with Gasteiger partial charge in [0.05, 0.1) is 6.54 Å². The van der Waals surface area contributed by atoms with Crippen LogP contribution in [0.25, 0.3) is 0 Å². The van der Waals surface area contributed by atoms with Crippen LogP contribution in [0.3, 0.4) is 0 Å². The Morgan fingerprint density at radius 2 is 1.81 bits per heavy atom. The molecule has 0 aromatic rings. The predicted octanol–water partition coefficient (Wildman–Crippen LogP) is 2.18. The molecular formula is C15H24F2N2O2. The zero-order chi connectivity index (χ0) is 15.6. The van der Waals surface area contributed by atoms with Gasteiger partial charge in [-0.2, -0.15) is 0 Å². The SMILES string of the molecule is CC(C)C1NC(=O)C(C2CCCCC2)N(CC(F)F)C1=O. The zero-order valence-electron chi connectivity index (χ0n) is 12.6. The van der Waals surface area contributed by atoms with E-state index in [1.165, 1.54) is 0 Å². The average molecular weight is 302 g/mol. The summed E-state index contributed by atoms with van der Waals surface area (Å²) in [5, 5.41) is 2.74. The van der Waals surface area contributed by atoms with Crippen molar-refractivity contribution in [2.75, 3.05) is 6.54 Å². The Bertz CT molecular complexity index is 395. The number of carbonyl (C=O) groups excluding carboxylic acids is 2. The highest BCUT2D eigenvalue weighted by Crippen LogP contribution is 2.32. The lowest BCUT2D eigenvalue weighted by Crippen LogP contribution is -2.67. The third-order valence-electron chi connectivity index (χ3n) is 4.55. The first-order valence-corrected chi connectivity index (χ1v) is 7.80. The fourth-order valence-electron chi connectivity index (χ4n) is 3.48. The summed E-state index contributed by atoms with van der Waals surface area (Å²) in [6.45, 7) is 2.98. The van der Waals surface area contributed by atoms with Gasteiger partial charge in [-0.25, -0.2) is 8.78 Å². The van der Waals surface area contributed by atoms with Crippen molar-refractivity contribution in [1.82, 2.24) is 10.2 Å². The van der Waals surface area contributed by atoms with Crippen molar-refractivity contribution in [2.24, 2.45) is 11.8 Å². The summed E-state index contributed by atoms with van der Waals surface area (Å²) >= 11 is 0. The standard InChI is InChI=1S/C15H24F2N2O2/c1-9(2)12-15(21)19(8-11(16)17)13(14(20)18-12)10-6-4-3-5-7-10/h9-13H,3-8H2,1-2H3,(H,18,20). The molecule has 0 aromatic carbocycles. The maximum Gasteiger partial charge on any atom is 0.255 e. The minimum atomic E-state index is -2.61. The van der Waals surface area contributed by atoms with E-state index >= 15 is 0 Å². The highest BCUT2D eigenvalue weighted by molar-refractivity contribution is 5.97. The van der Waals surface area contributed by atoms with E-state index in [1.54, 1.807) is 0 Å². The predicted molar refractivity (Wildman–Crippen MR) is 74.8 cm³/mol. The Morgan fingerprint density at radius 3 is 2.33 bits per heavy atom. The summed E-state index contributed by atoms with van der Waals surface area (Å²) in [7, 11) is 0. The number of piperazine rings is 1. The third-order valence-corrected chi connectivity index (χ3v) is 4.55. The molecule has 0 bridgehead atoms. The van der Waals surface area contributed by atoms with Gasteiger partial charge in [-0.1, -0.05) is 33.1 Å². The van der Waals surface area contributed by atoms with Crippen molar-refractivity contribution in [2.45, 2.75) is 64.5 Å². The van der Waals surface area contributed by atoms with Gasteiger partial charge >= 0.3 is 0 Å². The fourth-order valence-corrected chi connectivity index (χ4v) is 3.48. The van der Waals surface area contributed by atoms with Gasteiger partial charge < -0.3 is 10.2 Å². The molecule has 2 amide bonds. The first-order valence-electron chi connectivity index (χ1n) is 7.80. The Hall–Kier alpha value is -1.20. The fraction of sp³-hybridized carbons (Fsp3) is 0.867. The molecule has 1 aliphatic carbocycles. The van der Waals surface area contributed by atoms with E-state index in [1.807, 2.05) is 13.8 Å². The molecule has 6 heteroatoms. The van der Waals surface area contributed by atoms with Crippen molar-refractivity contribution in [3.05, 3.63) is 0 Å². The molecule has 21 heavy (non-hydrogen) atoms. The van der Waals surface area contributed by atoms with E-state index in [-0.39, 0.29) is 23.7 Å². The molecule has 2 rings (SSSR count). The van der Waals surface area contributed by atoms with Crippen LogP contribution in [-0.2, 0) is 9.59 Å². The highest BCUT2D eigenvalue weighted by atomic mass is 19.3. The van der Waals surface area contributed by atoms with Crippen molar-refractivity contribution < 1.29 is 18.4 Å². The lowest BCUT2D eigenvalue weighted by atomic mass is 9.81. The zero-order valence-corrected chi connectivity index (χ0v) is 12.6. The molecule has 0 aromatic heterocycles. The molecular weight excluding hydrogens is 278 g/mol. The van der Waals surface area contributed by atoms with Crippen LogP contribution in [-0.4, -0.2) is 41.8 Å². The van der Waals surface area contributed by atoms with Crippen LogP contribution >= 0.6 is 0 Å². The van der Waals surface area contributed by atoms with E-state index < -0.39 is 25.1 Å². The summed E-state index contributed by atoms with van der Waals surface area (Å²) < 4.78 is 25.7. The molecule has 1 aliphatic heterocycles. The normalized spacial score (nSPS) is 28.4. The van der Waals surface area contributed by atoms with Gasteiger partial charge in [0.25, 0.3) is 6.43 Å². The van der Waals surface area contributed by atoms with E-state index in [4.69, 9.17) is 0 Å². The second-order valence-corrected chi connectivity index (χ2v) is 6.45.